The quantitative estimate of drug-likeness (QED) is 0.388. The summed E-state index contributed by atoms with van der Waals surface area (Å²) in [6, 6.07) is 6.01. The first kappa shape index (κ1) is 25.6. The number of benzene rings is 1. The van der Waals surface area contributed by atoms with Gasteiger partial charge in [-0.15, -0.1) is 0 Å². The molecule has 1 fully saturated rings. The lowest BCUT2D eigenvalue weighted by Gasteiger charge is -2.36. The van der Waals surface area contributed by atoms with Crippen molar-refractivity contribution >= 4 is 27.3 Å². The van der Waals surface area contributed by atoms with Crippen LogP contribution >= 0.6 is 0 Å². The largest absolute Gasteiger partial charge is 0.362 e. The molecule has 0 unspecified atom stereocenters. The Morgan fingerprint density at radius 3 is 2.29 bits per heavy atom. The number of aryl methyl sites for hydroxylation is 3. The fourth-order valence-corrected chi connectivity index (χ4v) is 5.73. The molecule has 1 saturated heterocycles. The van der Waals surface area contributed by atoms with Gasteiger partial charge in [-0.05, 0) is 32.0 Å². The third-order valence-electron chi connectivity index (χ3n) is 6.10. The van der Waals surface area contributed by atoms with Gasteiger partial charge in [0, 0.05) is 64.0 Å². The number of aromatic nitrogens is 2. The Morgan fingerprint density at radius 2 is 1.76 bits per heavy atom. The summed E-state index contributed by atoms with van der Waals surface area (Å²) in [5, 5.41) is 16.2. The molecular weight excluding hydrogens is 460 g/mol. The number of rotatable bonds is 9. The Bertz CT molecular complexity index is 1150. The van der Waals surface area contributed by atoms with Crippen molar-refractivity contribution in [2.24, 2.45) is 0 Å². The maximum absolute atomic E-state index is 12.8. The normalized spacial score (nSPS) is 14.6. The Morgan fingerprint density at radius 1 is 1.12 bits per heavy atom. The predicted molar refractivity (Wildman–Crippen MR) is 128 cm³/mol. The summed E-state index contributed by atoms with van der Waals surface area (Å²) in [5.74, 6) is 0.0161. The number of sulfonamides is 1. The lowest BCUT2D eigenvalue weighted by atomic mass is 10.2. The molecule has 3 rings (SSSR count). The van der Waals surface area contributed by atoms with E-state index in [1.165, 1.54) is 16.4 Å². The third-order valence-corrected chi connectivity index (χ3v) is 8.15. The number of nitro groups is 1. The van der Waals surface area contributed by atoms with Crippen molar-refractivity contribution in [3.8, 4) is 0 Å². The second-order valence-corrected chi connectivity index (χ2v) is 10.2. The molecule has 2 heterocycles. The van der Waals surface area contributed by atoms with Crippen molar-refractivity contribution in [2.45, 2.75) is 45.6 Å². The first-order chi connectivity index (χ1) is 16.1. The number of carbonyl (C=O) groups is 1. The van der Waals surface area contributed by atoms with Gasteiger partial charge in [0.1, 0.15) is 5.69 Å². The van der Waals surface area contributed by atoms with E-state index in [-0.39, 0.29) is 29.6 Å². The molecule has 1 aromatic heterocycles. The molecule has 0 atom stereocenters. The molecule has 12 heteroatoms. The molecule has 0 N–H and O–H groups in total. The molecule has 34 heavy (non-hydrogen) atoms. The van der Waals surface area contributed by atoms with Crippen LogP contribution < -0.4 is 4.90 Å². The average Bonchev–Trinajstić information content (AvgIpc) is 3.14. The lowest BCUT2D eigenvalue weighted by Crippen LogP contribution is -2.49. The highest BCUT2D eigenvalue weighted by Gasteiger charge is 2.29. The molecule has 1 amide bonds. The van der Waals surface area contributed by atoms with Crippen LogP contribution in [-0.4, -0.2) is 77.5 Å². The van der Waals surface area contributed by atoms with Gasteiger partial charge >= 0.3 is 0 Å². The van der Waals surface area contributed by atoms with Gasteiger partial charge in [-0.3, -0.25) is 19.6 Å². The zero-order valence-corrected chi connectivity index (χ0v) is 20.9. The van der Waals surface area contributed by atoms with E-state index in [4.69, 9.17) is 0 Å². The van der Waals surface area contributed by atoms with Crippen LogP contribution in [0, 0.1) is 24.0 Å². The van der Waals surface area contributed by atoms with Crippen molar-refractivity contribution in [1.82, 2.24) is 19.0 Å². The van der Waals surface area contributed by atoms with Gasteiger partial charge in [0.25, 0.3) is 5.69 Å². The summed E-state index contributed by atoms with van der Waals surface area (Å²) < 4.78 is 28.7. The molecule has 186 valence electrons. The van der Waals surface area contributed by atoms with E-state index in [0.717, 1.165) is 17.5 Å². The van der Waals surface area contributed by atoms with Gasteiger partial charge in [0.15, 0.2) is 0 Å². The van der Waals surface area contributed by atoms with Gasteiger partial charge in [-0.1, -0.05) is 13.8 Å². The predicted octanol–water partition coefficient (Wildman–Crippen LogP) is 2.18. The zero-order chi connectivity index (χ0) is 25.0. The molecule has 1 aromatic carbocycles. The Labute approximate surface area is 200 Å². The van der Waals surface area contributed by atoms with Crippen LogP contribution in [-0.2, 0) is 21.4 Å². The van der Waals surface area contributed by atoms with Crippen molar-refractivity contribution in [2.75, 3.05) is 44.2 Å². The molecule has 2 aromatic rings. The summed E-state index contributed by atoms with van der Waals surface area (Å²) in [5.41, 5.74) is 2.03. The minimum absolute atomic E-state index is 0.0161. The third kappa shape index (κ3) is 5.39. The molecule has 0 saturated carbocycles. The number of anilines is 1. The molecule has 1 aliphatic rings. The van der Waals surface area contributed by atoms with E-state index in [0.29, 0.717) is 44.8 Å². The molecule has 1 aliphatic heterocycles. The summed E-state index contributed by atoms with van der Waals surface area (Å²) in [4.78, 5) is 27.4. The smallest absolute Gasteiger partial charge is 0.293 e. The van der Waals surface area contributed by atoms with Crippen molar-refractivity contribution < 1.29 is 18.1 Å². The fraction of sp³-hybridized carbons (Fsp3) is 0.545. The summed E-state index contributed by atoms with van der Waals surface area (Å²) in [6.45, 7) is 10.1. The van der Waals surface area contributed by atoms with Crippen LogP contribution in [0.2, 0.25) is 0 Å². The van der Waals surface area contributed by atoms with Crippen LogP contribution in [0.5, 0.6) is 0 Å². The lowest BCUT2D eigenvalue weighted by molar-refractivity contribution is -0.384. The fourth-order valence-electron chi connectivity index (χ4n) is 4.25. The molecule has 0 bridgehead atoms. The van der Waals surface area contributed by atoms with E-state index in [1.54, 1.807) is 18.7 Å². The van der Waals surface area contributed by atoms with Gasteiger partial charge in [-0.2, -0.15) is 9.40 Å². The van der Waals surface area contributed by atoms with Gasteiger partial charge in [-0.25, -0.2) is 8.42 Å². The first-order valence-electron chi connectivity index (χ1n) is 11.4. The van der Waals surface area contributed by atoms with Crippen LogP contribution in [0.1, 0.15) is 31.7 Å². The van der Waals surface area contributed by atoms with Crippen molar-refractivity contribution in [3.63, 3.8) is 0 Å². The topological polar surface area (TPSA) is 122 Å². The zero-order valence-electron chi connectivity index (χ0n) is 20.1. The van der Waals surface area contributed by atoms with Crippen LogP contribution in [0.25, 0.3) is 0 Å². The van der Waals surface area contributed by atoms with E-state index < -0.39 is 14.9 Å². The number of nitrogens with zero attached hydrogens (tertiary/aromatic N) is 6. The van der Waals surface area contributed by atoms with Crippen LogP contribution in [0.3, 0.4) is 0 Å². The van der Waals surface area contributed by atoms with E-state index >= 15 is 0 Å². The number of hydrogen-bond acceptors (Lipinski definition) is 7. The maximum Gasteiger partial charge on any atom is 0.293 e. The van der Waals surface area contributed by atoms with E-state index in [9.17, 15) is 23.3 Å². The molecular formula is C22H32N6O5S. The highest BCUT2D eigenvalue weighted by atomic mass is 32.2. The van der Waals surface area contributed by atoms with Crippen molar-refractivity contribution in [3.05, 3.63) is 45.8 Å². The Balaban J connectivity index is 1.69. The van der Waals surface area contributed by atoms with Crippen LogP contribution in [0.4, 0.5) is 11.4 Å². The molecule has 0 radical (unpaired) electrons. The number of piperazine rings is 1. The Hall–Kier alpha value is -2.99. The minimum Gasteiger partial charge on any atom is -0.362 e. The molecule has 11 nitrogen and oxygen atoms in total. The highest BCUT2D eigenvalue weighted by molar-refractivity contribution is 7.89. The van der Waals surface area contributed by atoms with E-state index in [2.05, 4.69) is 5.10 Å². The second-order valence-electron chi connectivity index (χ2n) is 8.27. The monoisotopic (exact) mass is 492 g/mol. The van der Waals surface area contributed by atoms with Gasteiger partial charge in [0.2, 0.25) is 15.9 Å². The SMILES string of the molecule is CCN(CC)S(=O)(=O)c1ccc(N2CCN(C(=O)CCn3nc(C)cc3C)CC2)c([N+](=O)[O-])c1. The summed E-state index contributed by atoms with van der Waals surface area (Å²) >= 11 is 0. The number of hydrogen-bond donors (Lipinski definition) is 0. The van der Waals surface area contributed by atoms with E-state index in [1.807, 2.05) is 29.5 Å². The van der Waals surface area contributed by atoms with Crippen molar-refractivity contribution in [1.29, 1.82) is 0 Å². The standard InChI is InChI=1S/C22H32N6O5S/c1-5-26(6-2)34(32,33)19-7-8-20(21(16-19)28(30)31)24-11-13-25(14-12-24)22(29)9-10-27-18(4)15-17(3)23-27/h7-8,15-16H,5-6,9-14H2,1-4H3. The number of nitro benzene ring substituents is 1. The molecule has 0 aliphatic carbocycles. The minimum atomic E-state index is -3.81. The van der Waals surface area contributed by atoms with Crippen LogP contribution in [0.15, 0.2) is 29.2 Å². The Kier molecular flexibility index (Phi) is 7.93. The summed E-state index contributed by atoms with van der Waals surface area (Å²) in [6.07, 6.45) is 0.333. The second kappa shape index (κ2) is 10.5. The highest BCUT2D eigenvalue weighted by Crippen LogP contribution is 2.32. The molecule has 0 spiro atoms. The van der Waals surface area contributed by atoms with Gasteiger partial charge < -0.3 is 9.80 Å². The first-order valence-corrected chi connectivity index (χ1v) is 12.8. The number of amides is 1. The summed E-state index contributed by atoms with van der Waals surface area (Å²) in [7, 11) is -3.81. The van der Waals surface area contributed by atoms with Gasteiger partial charge in [0.05, 0.1) is 15.5 Å². The number of carbonyl (C=O) groups excluding carboxylic acids is 1. The average molecular weight is 493 g/mol. The maximum atomic E-state index is 12.8.